The number of furan rings is 1. The van der Waals surface area contributed by atoms with E-state index in [1.54, 1.807) is 0 Å². The molecule has 1 spiro atoms. The van der Waals surface area contributed by atoms with Crippen molar-refractivity contribution in [3.05, 3.63) is 287 Å². The molecule has 14 aromatic rings. The molecule has 1 unspecified atom stereocenters. The Bertz CT molecular complexity index is 4940. The van der Waals surface area contributed by atoms with Crippen LogP contribution in [0.1, 0.15) is 79.0 Å². The second-order valence-electron chi connectivity index (χ2n) is 22.6. The van der Waals surface area contributed by atoms with E-state index in [9.17, 15) is 0 Å². The minimum Gasteiger partial charge on any atom is -0.455 e. The van der Waals surface area contributed by atoms with Gasteiger partial charge in [0.15, 0.2) is 0 Å². The largest absolute Gasteiger partial charge is 0.455 e. The number of rotatable bonds is 11. The molecule has 1 atom stereocenters. The molecule has 16 rings (SSSR count). The molecule has 0 bridgehead atoms. The molecule has 4 heteroatoms. The molecule has 2 aliphatic rings. The van der Waals surface area contributed by atoms with E-state index in [0.717, 1.165) is 74.9 Å². The Hall–Kier alpha value is -9.35. The summed E-state index contributed by atoms with van der Waals surface area (Å²) in [6.07, 6.45) is 3.20. The lowest BCUT2D eigenvalue weighted by molar-refractivity contribution is 0.669. The van der Waals surface area contributed by atoms with Crippen LogP contribution >= 0.6 is 11.3 Å². The van der Waals surface area contributed by atoms with Crippen LogP contribution in [0.5, 0.6) is 0 Å². The van der Waals surface area contributed by atoms with Gasteiger partial charge in [-0.3, -0.25) is 4.99 Å². The molecule has 0 radical (unpaired) electrons. The second-order valence-corrected chi connectivity index (χ2v) is 23.7. The quantitative estimate of drug-likeness (QED) is 0.119. The van der Waals surface area contributed by atoms with Crippen molar-refractivity contribution in [3.8, 4) is 39.1 Å². The highest BCUT2D eigenvalue weighted by Crippen LogP contribution is 2.64. The first-order valence-corrected chi connectivity index (χ1v) is 29.9. The van der Waals surface area contributed by atoms with E-state index in [-0.39, 0.29) is 5.92 Å². The molecule has 0 saturated carbocycles. The minimum absolute atomic E-state index is 0.0257. The highest BCUT2D eigenvalue weighted by Gasteiger charge is 2.52. The number of benzene rings is 11. The molecule has 0 fully saturated rings. The van der Waals surface area contributed by atoms with Crippen LogP contribution in [-0.2, 0) is 12.0 Å². The van der Waals surface area contributed by atoms with Crippen molar-refractivity contribution in [2.45, 2.75) is 52.0 Å². The summed E-state index contributed by atoms with van der Waals surface area (Å²) in [6.45, 7) is 7.59. The van der Waals surface area contributed by atoms with Crippen molar-refractivity contribution in [1.82, 2.24) is 4.57 Å². The normalized spacial score (nSPS) is 14.1. The Morgan fingerprint density at radius 3 is 2.00 bits per heavy atom. The van der Waals surface area contributed by atoms with Gasteiger partial charge in [0.05, 0.1) is 23.0 Å². The molecular weight excluding hydrogens is 1010 g/mol. The number of nitrogens with zero attached hydrogens (tertiary/aromatic N) is 2. The summed E-state index contributed by atoms with van der Waals surface area (Å²) >= 11 is 1.90. The zero-order valence-corrected chi connectivity index (χ0v) is 47.0. The number of aliphatic imine (C=N–C) groups is 1. The molecule has 0 saturated heterocycles. The predicted octanol–water partition coefficient (Wildman–Crippen LogP) is 21.4. The van der Waals surface area contributed by atoms with Gasteiger partial charge in [-0.1, -0.05) is 232 Å². The van der Waals surface area contributed by atoms with Gasteiger partial charge in [-0.25, -0.2) is 0 Å². The highest BCUT2D eigenvalue weighted by atomic mass is 32.1. The highest BCUT2D eigenvalue weighted by molar-refractivity contribution is 7.25. The number of hydrogen-bond acceptors (Lipinski definition) is 3. The Kier molecular flexibility index (Phi) is 11.3. The van der Waals surface area contributed by atoms with Crippen LogP contribution in [0.2, 0.25) is 0 Å². The molecule has 3 aromatic heterocycles. The Labute approximate surface area is 481 Å². The molecule has 0 amide bonds. The molecule has 3 heterocycles. The zero-order valence-electron chi connectivity index (χ0n) is 46.2. The maximum absolute atomic E-state index is 6.82. The average molecular weight is 1070 g/mol. The SMILES string of the molecule is CCCC/C(=C(/C)C(C)C(=NCc1ccc2c(c1)oc1c(-c3ccccc3)cccc12)c1cccc(-n2c3ccccc3c3ccc4c(c32)-c2ccccc2C42c3ccccc3-c3ccccc32)c1)c1cccc2sc3ccccc3c12. The standard InChI is InChI=1S/C78H58N2OS/c1-4-5-26-54(60-33-21-40-72-73(60)64-31-13-18-39-71(64)82-72)48(2)49(3)75(79-47-50-41-42-59-62-34-20-32-55(51-22-7-6-8-23-51)77(62)81-70(59)45-50)52-24-19-25-53(46-52)80-69-38-17-12-29-58(69)61-43-44-68-74(76(61)80)63-30-11-16-37-67(63)78(68)65-35-14-9-27-56(65)57-28-10-15-36-66(57)78/h6-25,27-46,49H,4-5,26,47H2,1-3H3/b54-48+,79-75?. The van der Waals surface area contributed by atoms with E-state index in [2.05, 4.69) is 268 Å². The topological polar surface area (TPSA) is 30.4 Å². The van der Waals surface area contributed by atoms with Gasteiger partial charge in [0, 0.05) is 70.2 Å². The monoisotopic (exact) mass is 1070 g/mol. The molecule has 2 aliphatic carbocycles. The maximum atomic E-state index is 6.82. The van der Waals surface area contributed by atoms with E-state index < -0.39 is 5.41 Å². The number of allylic oxidation sites excluding steroid dienone is 2. The van der Waals surface area contributed by atoms with Crippen LogP contribution in [0.25, 0.3) is 109 Å². The third-order valence-electron chi connectivity index (χ3n) is 18.3. The molecular formula is C78H58N2OS. The summed E-state index contributed by atoms with van der Waals surface area (Å²) in [7, 11) is 0. The lowest BCUT2D eigenvalue weighted by atomic mass is 9.70. The summed E-state index contributed by atoms with van der Waals surface area (Å²) in [5, 5.41) is 7.42. The molecule has 82 heavy (non-hydrogen) atoms. The minimum atomic E-state index is -0.458. The van der Waals surface area contributed by atoms with Gasteiger partial charge < -0.3 is 8.98 Å². The van der Waals surface area contributed by atoms with Crippen molar-refractivity contribution < 1.29 is 4.42 Å². The van der Waals surface area contributed by atoms with Crippen LogP contribution < -0.4 is 0 Å². The van der Waals surface area contributed by atoms with E-state index in [0.29, 0.717) is 6.54 Å². The molecule has 11 aromatic carbocycles. The third kappa shape index (κ3) is 7.17. The number of unbranched alkanes of at least 4 members (excludes halogenated alkanes) is 1. The fourth-order valence-corrected chi connectivity index (χ4v) is 15.7. The van der Waals surface area contributed by atoms with Gasteiger partial charge in [-0.05, 0) is 123 Å². The number of fused-ring (bicyclic) bond motifs is 20. The van der Waals surface area contributed by atoms with E-state index in [1.807, 2.05) is 11.3 Å². The van der Waals surface area contributed by atoms with Crippen LogP contribution in [0.15, 0.2) is 258 Å². The summed E-state index contributed by atoms with van der Waals surface area (Å²) in [5.41, 5.74) is 25.1. The Morgan fingerprint density at radius 2 is 1.20 bits per heavy atom. The molecule has 0 N–H and O–H groups in total. The van der Waals surface area contributed by atoms with Crippen LogP contribution in [0, 0.1) is 5.92 Å². The van der Waals surface area contributed by atoms with E-state index >= 15 is 0 Å². The van der Waals surface area contributed by atoms with Crippen LogP contribution in [0.4, 0.5) is 0 Å². The number of para-hydroxylation sites is 2. The fraction of sp³-hybridized carbons (Fsp3) is 0.115. The molecule has 3 nitrogen and oxygen atoms in total. The average Bonchev–Trinajstić information content (AvgIpc) is 3.07. The van der Waals surface area contributed by atoms with Gasteiger partial charge in [0.2, 0.25) is 0 Å². The fourth-order valence-electron chi connectivity index (χ4n) is 14.5. The molecule has 0 aliphatic heterocycles. The smallest absolute Gasteiger partial charge is 0.143 e. The lowest BCUT2D eigenvalue weighted by Crippen LogP contribution is -2.25. The Balaban J connectivity index is 0.900. The number of aromatic nitrogens is 1. The van der Waals surface area contributed by atoms with E-state index in [4.69, 9.17) is 9.41 Å². The first-order valence-electron chi connectivity index (χ1n) is 29.1. The Morgan fingerprint density at radius 1 is 0.549 bits per heavy atom. The van der Waals surface area contributed by atoms with Gasteiger partial charge in [-0.15, -0.1) is 11.3 Å². The van der Waals surface area contributed by atoms with Crippen molar-refractivity contribution in [1.29, 1.82) is 0 Å². The summed E-state index contributed by atoms with van der Waals surface area (Å²) in [5.74, 6) is -0.0257. The first kappa shape index (κ1) is 48.5. The maximum Gasteiger partial charge on any atom is 0.143 e. The van der Waals surface area contributed by atoms with Crippen LogP contribution in [-0.4, -0.2) is 10.3 Å². The second kappa shape index (κ2) is 19.2. The zero-order chi connectivity index (χ0) is 54.6. The van der Waals surface area contributed by atoms with Gasteiger partial charge in [0.25, 0.3) is 0 Å². The van der Waals surface area contributed by atoms with Gasteiger partial charge >= 0.3 is 0 Å². The summed E-state index contributed by atoms with van der Waals surface area (Å²) in [6, 6.07) is 90.2. The van der Waals surface area contributed by atoms with Gasteiger partial charge in [0.1, 0.15) is 11.2 Å². The molecule has 392 valence electrons. The predicted molar refractivity (Wildman–Crippen MR) is 347 cm³/mol. The number of hydrogen-bond donors (Lipinski definition) is 0. The van der Waals surface area contributed by atoms with Crippen molar-refractivity contribution >= 4 is 86.5 Å². The van der Waals surface area contributed by atoms with Crippen LogP contribution in [0.3, 0.4) is 0 Å². The number of thiophene rings is 1. The lowest BCUT2D eigenvalue weighted by Gasteiger charge is -2.30. The summed E-state index contributed by atoms with van der Waals surface area (Å²) < 4.78 is 12.0. The van der Waals surface area contributed by atoms with Gasteiger partial charge in [-0.2, -0.15) is 0 Å². The van der Waals surface area contributed by atoms with Crippen molar-refractivity contribution in [2.75, 3.05) is 0 Å². The van der Waals surface area contributed by atoms with E-state index in [1.165, 1.54) is 103 Å². The van der Waals surface area contributed by atoms with Crippen molar-refractivity contribution in [2.24, 2.45) is 10.9 Å². The van der Waals surface area contributed by atoms with Crippen molar-refractivity contribution in [3.63, 3.8) is 0 Å². The summed E-state index contributed by atoms with van der Waals surface area (Å²) in [4.78, 5) is 5.83. The third-order valence-corrected chi connectivity index (χ3v) is 19.5. The first-order chi connectivity index (χ1) is 40.5.